The minimum Gasteiger partial charge on any atom is -0.508 e. The van der Waals surface area contributed by atoms with Gasteiger partial charge in [-0.3, -0.25) is 4.79 Å². The Morgan fingerprint density at radius 2 is 2.00 bits per heavy atom. The molecule has 0 spiro atoms. The molecule has 1 N–H and O–H groups in total. The van der Waals surface area contributed by atoms with Gasteiger partial charge in [0.05, 0.1) is 0 Å². The van der Waals surface area contributed by atoms with Crippen molar-refractivity contribution in [1.82, 2.24) is 9.80 Å². The first-order valence-electron chi connectivity index (χ1n) is 7.56. The number of hydrogen-bond donors (Lipinski definition) is 1. The first-order valence-corrected chi connectivity index (χ1v) is 7.56. The number of amides is 1. The monoisotopic (exact) mass is 290 g/mol. The van der Waals surface area contributed by atoms with Crippen LogP contribution in [0.15, 0.2) is 18.2 Å². The summed E-state index contributed by atoms with van der Waals surface area (Å²) in [5.41, 5.74) is 1.36. The third-order valence-electron chi connectivity index (χ3n) is 4.60. The van der Waals surface area contributed by atoms with Crippen LogP contribution in [-0.4, -0.2) is 54.0 Å². The smallest absolute Gasteiger partial charge is 0.254 e. The summed E-state index contributed by atoms with van der Waals surface area (Å²) in [6.45, 7) is 7.80. The predicted octanol–water partition coefficient (Wildman–Crippen LogP) is 2.36. The van der Waals surface area contributed by atoms with Crippen molar-refractivity contribution in [1.29, 1.82) is 0 Å². The van der Waals surface area contributed by atoms with Gasteiger partial charge in [0.25, 0.3) is 5.91 Å². The maximum Gasteiger partial charge on any atom is 0.254 e. The van der Waals surface area contributed by atoms with Crippen LogP contribution in [0.2, 0.25) is 0 Å². The number of phenols is 1. The molecule has 1 aromatic rings. The Labute approximate surface area is 127 Å². The van der Waals surface area contributed by atoms with Crippen LogP contribution in [0.4, 0.5) is 0 Å². The van der Waals surface area contributed by atoms with Crippen LogP contribution in [-0.2, 0) is 0 Å². The summed E-state index contributed by atoms with van der Waals surface area (Å²) in [6, 6.07) is 5.56. The van der Waals surface area contributed by atoms with Gasteiger partial charge < -0.3 is 14.9 Å². The number of phenolic OH excluding ortho intramolecular Hbond substituents is 1. The first kappa shape index (κ1) is 15.8. The zero-order valence-electron chi connectivity index (χ0n) is 13.6. The largest absolute Gasteiger partial charge is 0.508 e. The van der Waals surface area contributed by atoms with Gasteiger partial charge >= 0.3 is 0 Å². The lowest BCUT2D eigenvalue weighted by atomic mass is 9.91. The van der Waals surface area contributed by atoms with Crippen molar-refractivity contribution in [2.75, 3.05) is 27.2 Å². The summed E-state index contributed by atoms with van der Waals surface area (Å²) >= 11 is 0. The van der Waals surface area contributed by atoms with Crippen molar-refractivity contribution in [3.63, 3.8) is 0 Å². The normalized spacial score (nSPS) is 22.3. The molecule has 4 nitrogen and oxygen atoms in total. The van der Waals surface area contributed by atoms with Gasteiger partial charge in [0.15, 0.2) is 0 Å². The minimum absolute atomic E-state index is 0.0142. The molecule has 1 aliphatic heterocycles. The topological polar surface area (TPSA) is 43.8 Å². The average molecular weight is 290 g/mol. The van der Waals surface area contributed by atoms with Gasteiger partial charge in [-0.15, -0.1) is 0 Å². The van der Waals surface area contributed by atoms with E-state index in [0.29, 0.717) is 23.4 Å². The van der Waals surface area contributed by atoms with E-state index in [2.05, 4.69) is 32.8 Å². The summed E-state index contributed by atoms with van der Waals surface area (Å²) in [5, 5.41) is 9.79. The molecule has 1 fully saturated rings. The van der Waals surface area contributed by atoms with Crippen molar-refractivity contribution in [3.05, 3.63) is 29.3 Å². The molecule has 0 radical (unpaired) electrons. The van der Waals surface area contributed by atoms with Crippen LogP contribution in [0.25, 0.3) is 0 Å². The second-order valence-electron chi connectivity index (χ2n) is 6.65. The van der Waals surface area contributed by atoms with Gasteiger partial charge in [0.2, 0.25) is 0 Å². The number of carbonyl (C=O) groups excluding carboxylic acids is 1. The minimum atomic E-state index is 0.0142. The molecule has 116 valence electrons. The molecule has 0 aromatic heterocycles. The molecule has 2 atom stereocenters. The lowest BCUT2D eigenvalue weighted by molar-refractivity contribution is 0.0779. The standard InChI is InChI=1S/C17H26N2O2/c1-11(2)14-9-19(10-15(14)18(4)5)17(21)13-7-6-12(3)16(20)8-13/h6-8,11,14-15,20H,9-10H2,1-5H3/t14-,15+/m0/s1. The molecule has 1 aliphatic rings. The second-order valence-corrected chi connectivity index (χ2v) is 6.65. The molecule has 2 rings (SSSR count). The van der Waals surface area contributed by atoms with Crippen LogP contribution in [0.1, 0.15) is 29.8 Å². The summed E-state index contributed by atoms with van der Waals surface area (Å²) in [6.07, 6.45) is 0. The van der Waals surface area contributed by atoms with Crippen molar-refractivity contribution < 1.29 is 9.90 Å². The number of likely N-dealkylation sites (tertiary alicyclic amines) is 1. The van der Waals surface area contributed by atoms with E-state index in [9.17, 15) is 9.90 Å². The summed E-state index contributed by atoms with van der Waals surface area (Å²) < 4.78 is 0. The number of rotatable bonds is 3. The highest BCUT2D eigenvalue weighted by Crippen LogP contribution is 2.29. The fourth-order valence-electron chi connectivity index (χ4n) is 3.10. The van der Waals surface area contributed by atoms with Crippen LogP contribution in [0, 0.1) is 18.8 Å². The van der Waals surface area contributed by atoms with Gasteiger partial charge in [0.1, 0.15) is 5.75 Å². The predicted molar refractivity (Wildman–Crippen MR) is 84.6 cm³/mol. The quantitative estimate of drug-likeness (QED) is 0.929. The first-order chi connectivity index (χ1) is 9.81. The van der Waals surface area contributed by atoms with Crippen LogP contribution in [0.3, 0.4) is 0 Å². The van der Waals surface area contributed by atoms with Gasteiger partial charge in [-0.1, -0.05) is 19.9 Å². The molecule has 1 aromatic carbocycles. The van der Waals surface area contributed by atoms with E-state index in [0.717, 1.165) is 18.7 Å². The summed E-state index contributed by atoms with van der Waals surface area (Å²) in [7, 11) is 4.15. The Hall–Kier alpha value is -1.55. The Bertz CT molecular complexity index is 510. The van der Waals surface area contributed by atoms with Crippen LogP contribution >= 0.6 is 0 Å². The van der Waals surface area contributed by atoms with Crippen molar-refractivity contribution in [2.45, 2.75) is 26.8 Å². The van der Waals surface area contributed by atoms with E-state index in [1.165, 1.54) is 0 Å². The number of aromatic hydroxyl groups is 1. The van der Waals surface area contributed by atoms with Gasteiger partial charge in [-0.05, 0) is 50.6 Å². The molecular weight excluding hydrogens is 264 g/mol. The second kappa shape index (κ2) is 6.06. The number of aryl methyl sites for hydroxylation is 1. The number of hydrogen-bond acceptors (Lipinski definition) is 3. The maximum absolute atomic E-state index is 12.6. The highest BCUT2D eigenvalue weighted by Gasteiger charge is 2.38. The molecule has 0 saturated carbocycles. The van der Waals surface area contributed by atoms with Crippen molar-refractivity contribution in [3.8, 4) is 5.75 Å². The zero-order chi connectivity index (χ0) is 15.7. The molecule has 0 bridgehead atoms. The van der Waals surface area contributed by atoms with Gasteiger partial charge in [-0.25, -0.2) is 0 Å². The molecule has 1 amide bonds. The number of nitrogens with zero attached hydrogens (tertiary/aromatic N) is 2. The average Bonchev–Trinajstić information content (AvgIpc) is 2.86. The van der Waals surface area contributed by atoms with E-state index in [1.807, 2.05) is 11.8 Å². The molecule has 4 heteroatoms. The third-order valence-corrected chi connectivity index (χ3v) is 4.60. The maximum atomic E-state index is 12.6. The number of likely N-dealkylation sites (N-methyl/N-ethyl adjacent to an activating group) is 1. The Morgan fingerprint density at radius 1 is 1.33 bits per heavy atom. The number of carbonyl (C=O) groups is 1. The zero-order valence-corrected chi connectivity index (χ0v) is 13.6. The molecule has 0 unspecified atom stereocenters. The lowest BCUT2D eigenvalue weighted by Crippen LogP contribution is -2.37. The highest BCUT2D eigenvalue weighted by atomic mass is 16.3. The lowest BCUT2D eigenvalue weighted by Gasteiger charge is -2.27. The van der Waals surface area contributed by atoms with Crippen molar-refractivity contribution >= 4 is 5.91 Å². The summed E-state index contributed by atoms with van der Waals surface area (Å²) in [4.78, 5) is 16.8. The molecule has 21 heavy (non-hydrogen) atoms. The number of benzene rings is 1. The van der Waals surface area contributed by atoms with E-state index in [1.54, 1.807) is 18.2 Å². The van der Waals surface area contributed by atoms with E-state index in [4.69, 9.17) is 0 Å². The van der Waals surface area contributed by atoms with Crippen molar-refractivity contribution in [2.24, 2.45) is 11.8 Å². The van der Waals surface area contributed by atoms with E-state index >= 15 is 0 Å². The highest BCUT2D eigenvalue weighted by molar-refractivity contribution is 5.95. The van der Waals surface area contributed by atoms with E-state index < -0.39 is 0 Å². The Kier molecular flexibility index (Phi) is 4.57. The fraction of sp³-hybridized carbons (Fsp3) is 0.588. The van der Waals surface area contributed by atoms with Crippen LogP contribution in [0.5, 0.6) is 5.75 Å². The van der Waals surface area contributed by atoms with Crippen LogP contribution < -0.4 is 0 Å². The molecular formula is C17H26N2O2. The van der Waals surface area contributed by atoms with Gasteiger partial charge in [-0.2, -0.15) is 0 Å². The SMILES string of the molecule is Cc1ccc(C(=O)N2C[C@@H](N(C)C)[C@H](C(C)C)C2)cc1O. The molecule has 1 heterocycles. The Morgan fingerprint density at radius 3 is 2.48 bits per heavy atom. The van der Waals surface area contributed by atoms with Gasteiger partial charge in [0, 0.05) is 24.7 Å². The third kappa shape index (κ3) is 3.21. The molecule has 1 saturated heterocycles. The van der Waals surface area contributed by atoms with E-state index in [-0.39, 0.29) is 11.7 Å². The summed E-state index contributed by atoms with van der Waals surface area (Å²) in [5.74, 6) is 1.23. The molecule has 0 aliphatic carbocycles. The Balaban J connectivity index is 2.18. The fourth-order valence-corrected chi connectivity index (χ4v) is 3.10.